The lowest BCUT2D eigenvalue weighted by Gasteiger charge is -2.33. The molecule has 4 heteroatoms. The Morgan fingerprint density at radius 1 is 1.61 bits per heavy atom. The zero-order chi connectivity index (χ0) is 12.9. The molecule has 1 aliphatic heterocycles. The summed E-state index contributed by atoms with van der Waals surface area (Å²) in [5, 5.41) is 0. The van der Waals surface area contributed by atoms with E-state index in [-0.39, 0.29) is 11.8 Å². The fourth-order valence-electron chi connectivity index (χ4n) is 2.94. The minimum absolute atomic E-state index is 0.0513. The molecule has 2 aliphatic rings. The Kier molecular flexibility index (Phi) is 2.41. The van der Waals surface area contributed by atoms with E-state index in [0.29, 0.717) is 12.2 Å². The maximum absolute atomic E-state index is 12.3. The zero-order valence-electron chi connectivity index (χ0n) is 10.5. The lowest BCUT2D eigenvalue weighted by atomic mass is 9.88. The van der Waals surface area contributed by atoms with Crippen LogP contribution in [0.3, 0.4) is 0 Å². The molecule has 0 spiro atoms. The molecule has 3 rings (SSSR count). The third-order valence-electron chi connectivity index (χ3n) is 3.84. The monoisotopic (exact) mass is 243 g/mol. The van der Waals surface area contributed by atoms with E-state index in [4.69, 9.17) is 5.73 Å². The Morgan fingerprint density at radius 2 is 2.39 bits per heavy atom. The van der Waals surface area contributed by atoms with E-state index in [2.05, 4.69) is 24.7 Å². The number of nitrogens with zero attached hydrogens (tertiary/aromatic N) is 2. The summed E-state index contributed by atoms with van der Waals surface area (Å²) in [6.45, 7) is 5.39. The van der Waals surface area contributed by atoms with Crippen LogP contribution in [0.25, 0.3) is 0 Å². The highest BCUT2D eigenvalue weighted by Gasteiger charge is 2.35. The highest BCUT2D eigenvalue weighted by atomic mass is 16.1. The van der Waals surface area contributed by atoms with E-state index in [1.165, 1.54) is 5.56 Å². The van der Waals surface area contributed by atoms with Crippen LogP contribution in [0.1, 0.15) is 27.7 Å². The number of aromatic nitrogens is 1. The van der Waals surface area contributed by atoms with E-state index in [0.717, 1.165) is 24.2 Å². The first-order valence-corrected chi connectivity index (χ1v) is 6.18. The van der Waals surface area contributed by atoms with Gasteiger partial charge in [-0.25, -0.2) is 0 Å². The number of nitrogens with two attached hydrogens (primary N) is 1. The maximum atomic E-state index is 12.3. The van der Waals surface area contributed by atoms with Crippen molar-refractivity contribution in [2.24, 2.45) is 5.73 Å². The molecule has 0 saturated carbocycles. The highest BCUT2D eigenvalue weighted by molar-refractivity contribution is 6.09. The van der Waals surface area contributed by atoms with Crippen LogP contribution in [-0.4, -0.2) is 28.8 Å². The second-order valence-corrected chi connectivity index (χ2v) is 4.98. The fourth-order valence-corrected chi connectivity index (χ4v) is 2.94. The molecule has 1 aromatic rings. The Morgan fingerprint density at radius 3 is 3.11 bits per heavy atom. The minimum Gasteiger partial charge on any atom is -0.396 e. The number of carbonyl (C=O) groups excluding carboxylic acids is 1. The SMILES string of the molecule is C=CCn1cc2c3c1C(=O)C(N)=CC3N(C)CC2. The molecule has 4 nitrogen and oxygen atoms in total. The summed E-state index contributed by atoms with van der Waals surface area (Å²) >= 11 is 0. The van der Waals surface area contributed by atoms with Gasteiger partial charge in [-0.15, -0.1) is 6.58 Å². The summed E-state index contributed by atoms with van der Waals surface area (Å²) in [5.74, 6) is -0.0513. The van der Waals surface area contributed by atoms with Crippen molar-refractivity contribution < 1.29 is 4.79 Å². The van der Waals surface area contributed by atoms with Gasteiger partial charge in [0.05, 0.1) is 17.4 Å². The first-order valence-electron chi connectivity index (χ1n) is 6.18. The quantitative estimate of drug-likeness (QED) is 0.795. The van der Waals surface area contributed by atoms with Gasteiger partial charge in [0.1, 0.15) is 0 Å². The maximum Gasteiger partial charge on any atom is 0.225 e. The molecule has 0 saturated heterocycles. The second-order valence-electron chi connectivity index (χ2n) is 4.98. The van der Waals surface area contributed by atoms with Crippen molar-refractivity contribution in [3.05, 3.63) is 47.4 Å². The van der Waals surface area contributed by atoms with Gasteiger partial charge in [0, 0.05) is 24.8 Å². The number of rotatable bonds is 2. The molecule has 0 bridgehead atoms. The van der Waals surface area contributed by atoms with E-state index >= 15 is 0 Å². The third kappa shape index (κ3) is 1.39. The Hall–Kier alpha value is -1.81. The predicted octanol–water partition coefficient (Wildman–Crippen LogP) is 1.24. The van der Waals surface area contributed by atoms with Crippen molar-refractivity contribution >= 4 is 5.78 Å². The van der Waals surface area contributed by atoms with Gasteiger partial charge in [0.25, 0.3) is 0 Å². The van der Waals surface area contributed by atoms with E-state index in [1.807, 2.05) is 16.7 Å². The summed E-state index contributed by atoms with van der Waals surface area (Å²) in [7, 11) is 2.07. The molecule has 1 unspecified atom stereocenters. The molecule has 1 aromatic heterocycles. The van der Waals surface area contributed by atoms with Crippen LogP contribution in [0.4, 0.5) is 0 Å². The Bertz CT molecular complexity index is 568. The molecular weight excluding hydrogens is 226 g/mol. The van der Waals surface area contributed by atoms with E-state index in [9.17, 15) is 4.79 Å². The average molecular weight is 243 g/mol. The van der Waals surface area contributed by atoms with Crippen molar-refractivity contribution in [2.75, 3.05) is 13.6 Å². The molecule has 18 heavy (non-hydrogen) atoms. The van der Waals surface area contributed by atoms with Gasteiger partial charge >= 0.3 is 0 Å². The van der Waals surface area contributed by atoms with Gasteiger partial charge in [0.15, 0.2) is 0 Å². The number of allylic oxidation sites excluding steroid dienone is 2. The molecule has 0 amide bonds. The molecule has 2 N–H and O–H groups in total. The van der Waals surface area contributed by atoms with Crippen LogP contribution in [0.5, 0.6) is 0 Å². The van der Waals surface area contributed by atoms with Gasteiger partial charge in [-0.1, -0.05) is 6.08 Å². The molecule has 0 fully saturated rings. The number of hydrogen-bond acceptors (Lipinski definition) is 3. The summed E-state index contributed by atoms with van der Waals surface area (Å²) in [6.07, 6.45) is 6.76. The van der Waals surface area contributed by atoms with Gasteiger partial charge in [0.2, 0.25) is 5.78 Å². The lowest BCUT2D eigenvalue weighted by Crippen LogP contribution is -2.35. The van der Waals surface area contributed by atoms with Crippen LogP contribution < -0.4 is 5.73 Å². The molecule has 1 atom stereocenters. The smallest absolute Gasteiger partial charge is 0.225 e. The number of Topliss-reactive ketones (excluding diaryl/α,β-unsaturated/α-hetero) is 1. The number of ketones is 1. The number of likely N-dealkylation sites (N-methyl/N-ethyl adjacent to an activating group) is 1. The number of hydrogen-bond donors (Lipinski definition) is 1. The van der Waals surface area contributed by atoms with Crippen LogP contribution in [-0.2, 0) is 13.0 Å². The van der Waals surface area contributed by atoms with Crippen molar-refractivity contribution in [1.82, 2.24) is 9.47 Å². The minimum atomic E-state index is -0.0513. The first kappa shape index (κ1) is 11.3. The fraction of sp³-hybridized carbons (Fsp3) is 0.357. The van der Waals surface area contributed by atoms with Crippen LogP contribution in [0.2, 0.25) is 0 Å². The van der Waals surface area contributed by atoms with Gasteiger partial charge in [-0.3, -0.25) is 9.69 Å². The highest BCUT2D eigenvalue weighted by Crippen LogP contribution is 2.38. The largest absolute Gasteiger partial charge is 0.396 e. The average Bonchev–Trinajstić information content (AvgIpc) is 2.70. The normalized spacial score (nSPS) is 22.6. The molecular formula is C14H17N3O. The molecule has 2 heterocycles. The van der Waals surface area contributed by atoms with Crippen LogP contribution in [0.15, 0.2) is 30.6 Å². The third-order valence-corrected chi connectivity index (χ3v) is 3.84. The summed E-state index contributed by atoms with van der Waals surface area (Å²) < 4.78 is 1.98. The summed E-state index contributed by atoms with van der Waals surface area (Å²) in [4.78, 5) is 14.5. The van der Waals surface area contributed by atoms with Gasteiger partial charge in [-0.2, -0.15) is 0 Å². The summed E-state index contributed by atoms with van der Waals surface area (Å²) in [5.41, 5.74) is 9.39. The Balaban J connectivity index is 2.23. The predicted molar refractivity (Wildman–Crippen MR) is 70.3 cm³/mol. The molecule has 0 aromatic carbocycles. The van der Waals surface area contributed by atoms with Gasteiger partial charge < -0.3 is 10.3 Å². The Labute approximate surface area is 106 Å². The van der Waals surface area contributed by atoms with Crippen LogP contribution >= 0.6 is 0 Å². The lowest BCUT2D eigenvalue weighted by molar-refractivity contribution is 0.101. The topological polar surface area (TPSA) is 51.3 Å². The van der Waals surface area contributed by atoms with Crippen molar-refractivity contribution in [1.29, 1.82) is 0 Å². The zero-order valence-corrected chi connectivity index (χ0v) is 10.5. The number of carbonyl (C=O) groups is 1. The standard InChI is InChI=1S/C14H17N3O/c1-3-5-17-8-9-4-6-16(2)11-7-10(15)14(18)13(17)12(9)11/h3,7-8,11H,1,4-6,15H2,2H3. The first-order chi connectivity index (χ1) is 8.63. The second kappa shape index (κ2) is 3.85. The summed E-state index contributed by atoms with van der Waals surface area (Å²) in [6, 6.07) is 0.146. The van der Waals surface area contributed by atoms with E-state index in [1.54, 1.807) is 0 Å². The van der Waals surface area contributed by atoms with E-state index < -0.39 is 0 Å². The molecule has 94 valence electrons. The van der Waals surface area contributed by atoms with Crippen molar-refractivity contribution in [2.45, 2.75) is 19.0 Å². The van der Waals surface area contributed by atoms with Crippen molar-refractivity contribution in [3.63, 3.8) is 0 Å². The van der Waals surface area contributed by atoms with Crippen molar-refractivity contribution in [3.8, 4) is 0 Å². The molecule has 0 radical (unpaired) electrons. The molecule has 1 aliphatic carbocycles. The van der Waals surface area contributed by atoms with Gasteiger partial charge in [-0.05, 0) is 25.1 Å². The van der Waals surface area contributed by atoms with Crippen LogP contribution in [0, 0.1) is 0 Å².